The van der Waals surface area contributed by atoms with Gasteiger partial charge in [-0.05, 0) is 12.1 Å². The molecule has 0 amide bonds. The first-order chi connectivity index (χ1) is 8.37. The van der Waals surface area contributed by atoms with E-state index in [1.54, 1.807) is 0 Å². The second kappa shape index (κ2) is 4.86. The van der Waals surface area contributed by atoms with E-state index in [4.69, 9.17) is 34.0 Å². The van der Waals surface area contributed by atoms with E-state index in [1.807, 2.05) is 0 Å². The van der Waals surface area contributed by atoms with E-state index >= 15 is 0 Å². The maximum atomic E-state index is 12.2. The normalized spacial score (nSPS) is 17.7. The molecular formula is C10H12Cl2N2O3S. The maximum absolute atomic E-state index is 12.2. The van der Waals surface area contributed by atoms with Crippen LogP contribution in [0.1, 0.15) is 0 Å². The lowest BCUT2D eigenvalue weighted by molar-refractivity contribution is 0.117. The van der Waals surface area contributed by atoms with E-state index in [0.717, 1.165) is 0 Å². The minimum Gasteiger partial charge on any atom is -0.396 e. The van der Waals surface area contributed by atoms with Gasteiger partial charge in [0.2, 0.25) is 10.0 Å². The van der Waals surface area contributed by atoms with Crippen molar-refractivity contribution in [2.75, 3.05) is 25.4 Å². The fraction of sp³-hybridized carbons (Fsp3) is 0.400. The van der Waals surface area contributed by atoms with E-state index in [-0.39, 0.29) is 46.2 Å². The first kappa shape index (κ1) is 13.9. The molecule has 18 heavy (non-hydrogen) atoms. The van der Waals surface area contributed by atoms with Crippen LogP contribution >= 0.6 is 23.2 Å². The Balaban J connectivity index is 2.35. The van der Waals surface area contributed by atoms with Crippen LogP contribution in [0.5, 0.6) is 0 Å². The lowest BCUT2D eigenvalue weighted by Gasteiger charge is -2.37. The third-order valence-electron chi connectivity index (χ3n) is 2.89. The summed E-state index contributed by atoms with van der Waals surface area (Å²) in [5.74, 6) is -0.0109. The molecule has 0 bridgehead atoms. The summed E-state index contributed by atoms with van der Waals surface area (Å²) in [6.07, 6.45) is 0. The van der Waals surface area contributed by atoms with Crippen molar-refractivity contribution >= 4 is 38.9 Å². The first-order valence-electron chi connectivity index (χ1n) is 5.22. The molecule has 8 heteroatoms. The number of rotatable bonds is 3. The first-order valence-corrected chi connectivity index (χ1v) is 7.42. The van der Waals surface area contributed by atoms with E-state index in [9.17, 15) is 8.42 Å². The van der Waals surface area contributed by atoms with E-state index < -0.39 is 10.0 Å². The highest BCUT2D eigenvalue weighted by atomic mass is 35.5. The highest BCUT2D eigenvalue weighted by Crippen LogP contribution is 2.36. The van der Waals surface area contributed by atoms with E-state index in [2.05, 4.69) is 0 Å². The van der Waals surface area contributed by atoms with Crippen LogP contribution in [0, 0.1) is 5.92 Å². The second-order valence-corrected chi connectivity index (χ2v) is 6.84. The summed E-state index contributed by atoms with van der Waals surface area (Å²) in [4.78, 5) is -0.0533. The topological polar surface area (TPSA) is 83.6 Å². The van der Waals surface area contributed by atoms with Crippen molar-refractivity contribution in [3.05, 3.63) is 22.2 Å². The third-order valence-corrected chi connectivity index (χ3v) is 5.61. The molecule has 2 rings (SSSR count). The zero-order chi connectivity index (χ0) is 13.5. The van der Waals surface area contributed by atoms with Gasteiger partial charge in [-0.2, -0.15) is 4.31 Å². The minimum atomic E-state index is -3.66. The quantitative estimate of drug-likeness (QED) is 0.821. The monoisotopic (exact) mass is 310 g/mol. The van der Waals surface area contributed by atoms with Gasteiger partial charge < -0.3 is 10.8 Å². The van der Waals surface area contributed by atoms with Crippen LogP contribution < -0.4 is 5.73 Å². The molecule has 0 aromatic heterocycles. The van der Waals surface area contributed by atoms with Gasteiger partial charge in [0.15, 0.2) is 0 Å². The van der Waals surface area contributed by atoms with Crippen molar-refractivity contribution in [2.24, 2.45) is 5.92 Å². The number of nitrogen functional groups attached to an aromatic ring is 1. The largest absolute Gasteiger partial charge is 0.396 e. The fourth-order valence-corrected chi connectivity index (χ4v) is 4.05. The Bertz CT molecular complexity index is 571. The Morgan fingerprint density at radius 3 is 2.56 bits per heavy atom. The molecule has 100 valence electrons. The highest BCUT2D eigenvalue weighted by Gasteiger charge is 2.37. The lowest BCUT2D eigenvalue weighted by Crippen LogP contribution is -2.51. The summed E-state index contributed by atoms with van der Waals surface area (Å²) in [6, 6.07) is 2.74. The number of halogens is 2. The number of benzene rings is 1. The summed E-state index contributed by atoms with van der Waals surface area (Å²) < 4.78 is 25.7. The number of aliphatic hydroxyl groups is 1. The molecule has 5 nitrogen and oxygen atoms in total. The maximum Gasteiger partial charge on any atom is 0.244 e. The predicted molar refractivity (Wildman–Crippen MR) is 70.2 cm³/mol. The van der Waals surface area contributed by atoms with Crippen LogP contribution in [0.3, 0.4) is 0 Å². The molecule has 1 fully saturated rings. The zero-order valence-electron chi connectivity index (χ0n) is 9.31. The van der Waals surface area contributed by atoms with Crippen molar-refractivity contribution in [2.45, 2.75) is 4.90 Å². The summed E-state index contributed by atoms with van der Waals surface area (Å²) >= 11 is 11.7. The van der Waals surface area contributed by atoms with Crippen LogP contribution in [0.2, 0.25) is 10.0 Å². The van der Waals surface area contributed by atoms with Crippen LogP contribution in [-0.4, -0.2) is 37.5 Å². The molecule has 0 spiro atoms. The summed E-state index contributed by atoms with van der Waals surface area (Å²) in [7, 11) is -3.66. The Hall–Kier alpha value is -0.530. The van der Waals surface area contributed by atoms with Gasteiger partial charge in [0.1, 0.15) is 4.90 Å². The molecule has 0 saturated carbocycles. The Morgan fingerprint density at radius 1 is 1.39 bits per heavy atom. The average Bonchev–Trinajstić information content (AvgIpc) is 2.23. The van der Waals surface area contributed by atoms with Gasteiger partial charge in [-0.25, -0.2) is 8.42 Å². The molecule has 0 radical (unpaired) electrons. The Morgan fingerprint density at radius 2 is 2.00 bits per heavy atom. The Labute approximate surface area is 115 Å². The van der Waals surface area contributed by atoms with Crippen molar-refractivity contribution in [3.8, 4) is 0 Å². The molecule has 0 unspecified atom stereocenters. The summed E-state index contributed by atoms with van der Waals surface area (Å²) in [5, 5.41) is 9.05. The van der Waals surface area contributed by atoms with Gasteiger partial charge in [-0.3, -0.25) is 0 Å². The molecule has 1 heterocycles. The number of aliphatic hydroxyl groups excluding tert-OH is 1. The SMILES string of the molecule is Nc1c(Cl)ccc(S(=O)(=O)N2CC(CO)C2)c1Cl. The molecule has 1 aliphatic rings. The number of hydrogen-bond acceptors (Lipinski definition) is 4. The van der Waals surface area contributed by atoms with Crippen LogP contribution in [-0.2, 0) is 10.0 Å². The lowest BCUT2D eigenvalue weighted by atomic mass is 10.1. The fourth-order valence-electron chi connectivity index (χ4n) is 1.72. The van der Waals surface area contributed by atoms with Crippen molar-refractivity contribution in [1.29, 1.82) is 0 Å². The smallest absolute Gasteiger partial charge is 0.244 e. The molecular weight excluding hydrogens is 299 g/mol. The van der Waals surface area contributed by atoms with Gasteiger partial charge in [-0.15, -0.1) is 0 Å². The number of nitrogens with zero attached hydrogens (tertiary/aromatic N) is 1. The number of hydrogen-bond donors (Lipinski definition) is 2. The van der Waals surface area contributed by atoms with Crippen LogP contribution in [0.25, 0.3) is 0 Å². The zero-order valence-corrected chi connectivity index (χ0v) is 11.6. The molecule has 1 aromatic carbocycles. The Kier molecular flexibility index (Phi) is 3.75. The van der Waals surface area contributed by atoms with E-state index in [0.29, 0.717) is 0 Å². The minimum absolute atomic E-state index is 0.0109. The van der Waals surface area contributed by atoms with Crippen molar-refractivity contribution in [3.63, 3.8) is 0 Å². The van der Waals surface area contributed by atoms with Gasteiger partial charge in [0.25, 0.3) is 0 Å². The molecule has 1 aromatic rings. The van der Waals surface area contributed by atoms with Crippen molar-refractivity contribution in [1.82, 2.24) is 4.31 Å². The van der Waals surface area contributed by atoms with Crippen molar-refractivity contribution < 1.29 is 13.5 Å². The van der Waals surface area contributed by atoms with Crippen LogP contribution in [0.15, 0.2) is 17.0 Å². The summed E-state index contributed by atoms with van der Waals surface area (Å²) in [6.45, 7) is 0.553. The van der Waals surface area contributed by atoms with Gasteiger partial charge in [-0.1, -0.05) is 23.2 Å². The molecule has 1 saturated heterocycles. The number of anilines is 1. The van der Waals surface area contributed by atoms with Crippen LogP contribution in [0.4, 0.5) is 5.69 Å². The summed E-state index contributed by atoms with van der Waals surface area (Å²) in [5.41, 5.74) is 5.66. The molecule has 3 N–H and O–H groups in total. The number of nitrogens with two attached hydrogens (primary N) is 1. The highest BCUT2D eigenvalue weighted by molar-refractivity contribution is 7.89. The molecule has 0 atom stereocenters. The molecule has 0 aliphatic carbocycles. The standard InChI is InChI=1S/C10H12Cl2N2O3S/c11-7-1-2-8(9(12)10(7)13)18(16,17)14-3-6(4-14)5-15/h1-2,6,15H,3-5,13H2. The van der Waals surface area contributed by atoms with Gasteiger partial charge >= 0.3 is 0 Å². The second-order valence-electron chi connectivity index (χ2n) is 4.14. The number of sulfonamides is 1. The molecule has 1 aliphatic heterocycles. The predicted octanol–water partition coefficient (Wildman–Crippen LogP) is 1.19. The third kappa shape index (κ3) is 2.19. The van der Waals surface area contributed by atoms with E-state index in [1.165, 1.54) is 16.4 Å². The average molecular weight is 311 g/mol. The van der Waals surface area contributed by atoms with Gasteiger partial charge in [0.05, 0.1) is 15.7 Å². The van der Waals surface area contributed by atoms with Gasteiger partial charge in [0, 0.05) is 25.6 Å².